The molecule has 0 amide bonds. The van der Waals surface area contributed by atoms with Gasteiger partial charge in [-0.15, -0.1) is 11.3 Å². The van der Waals surface area contributed by atoms with Crippen LogP contribution in [0.25, 0.3) is 0 Å². The molecule has 0 aliphatic rings. The van der Waals surface area contributed by atoms with Gasteiger partial charge in [-0.2, -0.15) is 0 Å². The number of hydrogen-bond donors (Lipinski definition) is 2. The van der Waals surface area contributed by atoms with Gasteiger partial charge in [-0.05, 0) is 41.6 Å². The second-order valence-electron chi connectivity index (χ2n) is 4.23. The minimum absolute atomic E-state index is 0.117. The van der Waals surface area contributed by atoms with Gasteiger partial charge in [0.05, 0.1) is 15.6 Å². The number of thiophene rings is 1. The highest BCUT2D eigenvalue weighted by Crippen LogP contribution is 2.23. The summed E-state index contributed by atoms with van der Waals surface area (Å²) in [6.45, 7) is 2.32. The van der Waals surface area contributed by atoms with Crippen molar-refractivity contribution in [2.24, 2.45) is 0 Å². The number of aryl methyl sites for hydroxylation is 1. The SMILES string of the molecule is CCc1ccsc1CNS(=O)(=O)c1ccc(N)c(Cl)c1. The summed E-state index contributed by atoms with van der Waals surface area (Å²) in [6, 6.07) is 6.29. The number of sulfonamides is 1. The lowest BCUT2D eigenvalue weighted by atomic mass is 10.2. The molecule has 0 spiro atoms. The number of benzene rings is 1. The molecular weight excluding hydrogens is 316 g/mol. The van der Waals surface area contributed by atoms with Gasteiger partial charge in [-0.25, -0.2) is 13.1 Å². The van der Waals surface area contributed by atoms with Crippen molar-refractivity contribution in [2.75, 3.05) is 5.73 Å². The van der Waals surface area contributed by atoms with E-state index >= 15 is 0 Å². The van der Waals surface area contributed by atoms with Crippen LogP contribution in [-0.2, 0) is 23.0 Å². The molecule has 0 bridgehead atoms. The second kappa shape index (κ2) is 6.13. The van der Waals surface area contributed by atoms with Gasteiger partial charge in [-0.3, -0.25) is 0 Å². The molecule has 1 aromatic heterocycles. The van der Waals surface area contributed by atoms with E-state index in [1.807, 2.05) is 18.4 Å². The summed E-state index contributed by atoms with van der Waals surface area (Å²) in [7, 11) is -3.58. The number of anilines is 1. The van der Waals surface area contributed by atoms with E-state index in [-0.39, 0.29) is 16.5 Å². The lowest BCUT2D eigenvalue weighted by Gasteiger charge is -2.08. The minimum Gasteiger partial charge on any atom is -0.398 e. The van der Waals surface area contributed by atoms with Crippen molar-refractivity contribution >= 4 is 38.6 Å². The van der Waals surface area contributed by atoms with Gasteiger partial charge in [0.25, 0.3) is 0 Å². The van der Waals surface area contributed by atoms with Crippen molar-refractivity contribution in [3.8, 4) is 0 Å². The summed E-state index contributed by atoms with van der Waals surface area (Å²) in [6.07, 6.45) is 0.883. The lowest BCUT2D eigenvalue weighted by Crippen LogP contribution is -2.23. The van der Waals surface area contributed by atoms with E-state index in [1.54, 1.807) is 11.3 Å². The predicted molar refractivity (Wildman–Crippen MR) is 83.6 cm³/mol. The molecule has 0 saturated carbocycles. The molecule has 7 heteroatoms. The van der Waals surface area contributed by atoms with Crippen LogP contribution in [0.15, 0.2) is 34.5 Å². The van der Waals surface area contributed by atoms with E-state index in [9.17, 15) is 8.42 Å². The fourth-order valence-corrected chi connectivity index (χ4v) is 4.03. The van der Waals surface area contributed by atoms with Crippen molar-refractivity contribution in [3.63, 3.8) is 0 Å². The summed E-state index contributed by atoms with van der Waals surface area (Å²) >= 11 is 7.39. The van der Waals surface area contributed by atoms with E-state index in [1.165, 1.54) is 18.2 Å². The number of nitrogens with one attached hydrogen (secondary N) is 1. The Balaban J connectivity index is 2.17. The number of halogens is 1. The third-order valence-corrected chi connectivity index (χ3v) is 5.61. The van der Waals surface area contributed by atoms with Crippen LogP contribution in [0.1, 0.15) is 17.4 Å². The molecular formula is C13H15ClN2O2S2. The van der Waals surface area contributed by atoms with E-state index < -0.39 is 10.0 Å². The quantitative estimate of drug-likeness (QED) is 0.828. The summed E-state index contributed by atoms with van der Waals surface area (Å²) < 4.78 is 27.0. The lowest BCUT2D eigenvalue weighted by molar-refractivity contribution is 0.581. The monoisotopic (exact) mass is 330 g/mol. The van der Waals surface area contributed by atoms with Gasteiger partial charge in [-0.1, -0.05) is 18.5 Å². The van der Waals surface area contributed by atoms with Crippen molar-refractivity contribution < 1.29 is 8.42 Å². The molecule has 0 unspecified atom stereocenters. The summed E-state index contributed by atoms with van der Waals surface area (Å²) in [5.41, 5.74) is 7.09. The van der Waals surface area contributed by atoms with E-state index in [4.69, 9.17) is 17.3 Å². The zero-order chi connectivity index (χ0) is 14.8. The maximum atomic E-state index is 12.2. The molecule has 108 valence electrons. The van der Waals surface area contributed by atoms with Crippen LogP contribution in [-0.4, -0.2) is 8.42 Å². The van der Waals surface area contributed by atoms with E-state index in [2.05, 4.69) is 4.72 Å². The third kappa shape index (κ3) is 3.32. The van der Waals surface area contributed by atoms with Crippen LogP contribution in [0.2, 0.25) is 5.02 Å². The van der Waals surface area contributed by atoms with Crippen LogP contribution in [0.5, 0.6) is 0 Å². The highest BCUT2D eigenvalue weighted by molar-refractivity contribution is 7.89. The van der Waals surface area contributed by atoms with Crippen LogP contribution < -0.4 is 10.5 Å². The molecule has 4 nitrogen and oxygen atoms in total. The summed E-state index contributed by atoms with van der Waals surface area (Å²) in [5.74, 6) is 0. The second-order valence-corrected chi connectivity index (χ2v) is 7.41. The van der Waals surface area contributed by atoms with Gasteiger partial charge in [0.15, 0.2) is 0 Å². The van der Waals surface area contributed by atoms with Crippen molar-refractivity contribution in [1.82, 2.24) is 4.72 Å². The maximum absolute atomic E-state index is 12.2. The molecule has 0 aliphatic carbocycles. The van der Waals surface area contributed by atoms with Crippen molar-refractivity contribution in [1.29, 1.82) is 0 Å². The molecule has 1 aromatic carbocycles. The molecule has 3 N–H and O–H groups in total. The molecule has 20 heavy (non-hydrogen) atoms. The average molecular weight is 331 g/mol. The Kier molecular flexibility index (Phi) is 4.70. The molecule has 0 aliphatic heterocycles. The van der Waals surface area contributed by atoms with Gasteiger partial charge in [0.1, 0.15) is 0 Å². The first-order valence-electron chi connectivity index (χ1n) is 6.04. The first-order valence-corrected chi connectivity index (χ1v) is 8.78. The van der Waals surface area contributed by atoms with Crippen LogP contribution in [0, 0.1) is 0 Å². The van der Waals surface area contributed by atoms with Crippen molar-refractivity contribution in [3.05, 3.63) is 45.1 Å². The number of nitrogen functional groups attached to an aromatic ring is 1. The number of nitrogens with two attached hydrogens (primary N) is 1. The van der Waals surface area contributed by atoms with E-state index in [0.29, 0.717) is 5.69 Å². The fourth-order valence-electron chi connectivity index (χ4n) is 1.76. The Hall–Kier alpha value is -1.08. The van der Waals surface area contributed by atoms with Crippen LogP contribution >= 0.6 is 22.9 Å². The van der Waals surface area contributed by atoms with Gasteiger partial charge in [0, 0.05) is 11.4 Å². The summed E-state index contributed by atoms with van der Waals surface area (Å²) in [5, 5.41) is 2.20. The standard InChI is InChI=1S/C13H15ClN2O2S2/c1-2-9-5-6-19-13(9)8-16-20(17,18)10-3-4-12(15)11(14)7-10/h3-7,16H,2,8,15H2,1H3. The average Bonchev–Trinajstić information content (AvgIpc) is 2.87. The Bertz CT molecular complexity index is 711. The number of rotatable bonds is 5. The molecule has 0 fully saturated rings. The molecule has 1 heterocycles. The molecule has 0 atom stereocenters. The van der Waals surface area contributed by atoms with Crippen LogP contribution in [0.3, 0.4) is 0 Å². The number of hydrogen-bond acceptors (Lipinski definition) is 4. The highest BCUT2D eigenvalue weighted by atomic mass is 35.5. The molecule has 2 rings (SSSR count). The topological polar surface area (TPSA) is 72.2 Å². The molecule has 0 radical (unpaired) electrons. The molecule has 0 saturated heterocycles. The first kappa shape index (κ1) is 15.3. The summed E-state index contributed by atoms with van der Waals surface area (Å²) in [4.78, 5) is 1.14. The van der Waals surface area contributed by atoms with Gasteiger partial charge >= 0.3 is 0 Å². The smallest absolute Gasteiger partial charge is 0.240 e. The third-order valence-electron chi connectivity index (χ3n) is 2.92. The Morgan fingerprint density at radius 2 is 2.10 bits per heavy atom. The Labute approximate surface area is 127 Å². The Morgan fingerprint density at radius 1 is 1.35 bits per heavy atom. The largest absolute Gasteiger partial charge is 0.398 e. The molecule has 2 aromatic rings. The normalized spacial score (nSPS) is 11.7. The highest BCUT2D eigenvalue weighted by Gasteiger charge is 2.16. The maximum Gasteiger partial charge on any atom is 0.240 e. The Morgan fingerprint density at radius 3 is 2.75 bits per heavy atom. The zero-order valence-corrected chi connectivity index (χ0v) is 13.3. The van der Waals surface area contributed by atoms with E-state index in [0.717, 1.165) is 16.9 Å². The van der Waals surface area contributed by atoms with Crippen molar-refractivity contribution in [2.45, 2.75) is 24.8 Å². The van der Waals surface area contributed by atoms with Gasteiger partial charge in [0.2, 0.25) is 10.0 Å². The first-order chi connectivity index (χ1) is 9.44. The predicted octanol–water partition coefficient (Wildman–Crippen LogP) is 3.02. The fraction of sp³-hybridized carbons (Fsp3) is 0.231. The van der Waals surface area contributed by atoms with Gasteiger partial charge < -0.3 is 5.73 Å². The minimum atomic E-state index is -3.58. The van der Waals surface area contributed by atoms with Crippen LogP contribution in [0.4, 0.5) is 5.69 Å². The zero-order valence-electron chi connectivity index (χ0n) is 10.9.